The number of aliphatic hydroxyl groups is 1. The second-order valence-corrected chi connectivity index (χ2v) is 6.45. The molecular weight excluding hydrogens is 242 g/mol. The van der Waals surface area contributed by atoms with Crippen molar-refractivity contribution in [3.05, 3.63) is 0 Å². The first-order valence-electron chi connectivity index (χ1n) is 7.41. The molecule has 2 aliphatic heterocycles. The molecule has 0 amide bonds. The van der Waals surface area contributed by atoms with Crippen molar-refractivity contribution in [1.82, 2.24) is 10.2 Å². The SMILES string of the molecule is CN=C(NCC1(O)CCC1)N1CCC2(CCOC2)C1. The van der Waals surface area contributed by atoms with Crippen LogP contribution >= 0.6 is 0 Å². The first kappa shape index (κ1) is 13.2. The molecule has 1 saturated carbocycles. The Bertz CT molecular complexity index is 360. The van der Waals surface area contributed by atoms with Crippen molar-refractivity contribution in [2.24, 2.45) is 10.4 Å². The van der Waals surface area contributed by atoms with Crippen LogP contribution in [0.1, 0.15) is 32.1 Å². The summed E-state index contributed by atoms with van der Waals surface area (Å²) in [4.78, 5) is 6.68. The number of guanidine groups is 1. The summed E-state index contributed by atoms with van der Waals surface area (Å²) in [7, 11) is 1.82. The van der Waals surface area contributed by atoms with Crippen LogP contribution in [-0.2, 0) is 4.74 Å². The zero-order valence-electron chi connectivity index (χ0n) is 11.8. The lowest BCUT2D eigenvalue weighted by Gasteiger charge is -2.37. The van der Waals surface area contributed by atoms with Gasteiger partial charge in [-0.25, -0.2) is 0 Å². The summed E-state index contributed by atoms with van der Waals surface area (Å²) < 4.78 is 5.56. The zero-order valence-corrected chi connectivity index (χ0v) is 11.8. The van der Waals surface area contributed by atoms with E-state index in [2.05, 4.69) is 15.2 Å². The highest BCUT2D eigenvalue weighted by Gasteiger charge is 2.42. The lowest BCUT2D eigenvalue weighted by molar-refractivity contribution is -0.0282. The monoisotopic (exact) mass is 267 g/mol. The van der Waals surface area contributed by atoms with Crippen LogP contribution in [0.25, 0.3) is 0 Å². The fraction of sp³-hybridized carbons (Fsp3) is 0.929. The van der Waals surface area contributed by atoms with E-state index in [4.69, 9.17) is 4.74 Å². The molecule has 0 aromatic rings. The predicted molar refractivity (Wildman–Crippen MR) is 74.2 cm³/mol. The zero-order chi connectivity index (χ0) is 13.3. The molecule has 1 aliphatic carbocycles. The minimum absolute atomic E-state index is 0.352. The molecule has 0 aromatic heterocycles. The third-order valence-corrected chi connectivity index (χ3v) is 4.99. The maximum atomic E-state index is 10.1. The van der Waals surface area contributed by atoms with Crippen molar-refractivity contribution in [2.45, 2.75) is 37.7 Å². The fourth-order valence-electron chi connectivity index (χ4n) is 3.42. The molecule has 3 fully saturated rings. The Hall–Kier alpha value is -0.810. The third kappa shape index (κ3) is 2.58. The maximum absolute atomic E-state index is 10.1. The lowest BCUT2D eigenvalue weighted by Crippen LogP contribution is -2.51. The van der Waals surface area contributed by atoms with Crippen LogP contribution < -0.4 is 5.32 Å². The maximum Gasteiger partial charge on any atom is 0.193 e. The summed E-state index contributed by atoms with van der Waals surface area (Å²) in [6.45, 7) is 4.50. The molecule has 0 aromatic carbocycles. The summed E-state index contributed by atoms with van der Waals surface area (Å²) >= 11 is 0. The van der Waals surface area contributed by atoms with Gasteiger partial charge in [-0.2, -0.15) is 0 Å². The molecule has 19 heavy (non-hydrogen) atoms. The third-order valence-electron chi connectivity index (χ3n) is 4.99. The van der Waals surface area contributed by atoms with E-state index in [0.29, 0.717) is 12.0 Å². The van der Waals surface area contributed by atoms with Gasteiger partial charge in [0.1, 0.15) is 0 Å². The van der Waals surface area contributed by atoms with Gasteiger partial charge < -0.3 is 20.1 Å². The first-order chi connectivity index (χ1) is 9.15. The minimum Gasteiger partial charge on any atom is -0.388 e. The van der Waals surface area contributed by atoms with E-state index >= 15 is 0 Å². The Morgan fingerprint density at radius 2 is 2.21 bits per heavy atom. The number of nitrogens with zero attached hydrogens (tertiary/aromatic N) is 2. The Morgan fingerprint density at radius 3 is 2.79 bits per heavy atom. The Balaban J connectivity index is 1.55. The molecule has 2 N–H and O–H groups in total. The quantitative estimate of drug-likeness (QED) is 0.568. The summed E-state index contributed by atoms with van der Waals surface area (Å²) in [5.41, 5.74) is -0.144. The van der Waals surface area contributed by atoms with Gasteiger partial charge >= 0.3 is 0 Å². The Labute approximate surface area is 115 Å². The fourth-order valence-corrected chi connectivity index (χ4v) is 3.42. The number of rotatable bonds is 2. The Morgan fingerprint density at radius 1 is 1.37 bits per heavy atom. The van der Waals surface area contributed by atoms with Gasteiger partial charge in [-0.1, -0.05) is 0 Å². The minimum atomic E-state index is -0.496. The van der Waals surface area contributed by atoms with Crippen molar-refractivity contribution in [3.63, 3.8) is 0 Å². The van der Waals surface area contributed by atoms with Crippen LogP contribution in [0.3, 0.4) is 0 Å². The van der Waals surface area contributed by atoms with Crippen molar-refractivity contribution in [2.75, 3.05) is 39.9 Å². The van der Waals surface area contributed by atoms with Gasteiger partial charge in [0.05, 0.1) is 12.2 Å². The second-order valence-electron chi connectivity index (χ2n) is 6.45. The van der Waals surface area contributed by atoms with Gasteiger partial charge in [0.25, 0.3) is 0 Å². The summed E-state index contributed by atoms with van der Waals surface area (Å²) in [5.74, 6) is 0.934. The van der Waals surface area contributed by atoms with Crippen LogP contribution in [0, 0.1) is 5.41 Å². The molecule has 3 rings (SSSR count). The van der Waals surface area contributed by atoms with Crippen molar-refractivity contribution in [3.8, 4) is 0 Å². The molecule has 1 spiro atoms. The molecule has 3 aliphatic rings. The average molecular weight is 267 g/mol. The normalized spacial score (nSPS) is 33.8. The smallest absolute Gasteiger partial charge is 0.193 e. The largest absolute Gasteiger partial charge is 0.388 e. The highest BCUT2D eigenvalue weighted by atomic mass is 16.5. The number of aliphatic imine (C=N–C) groups is 1. The van der Waals surface area contributed by atoms with Gasteiger partial charge in [0.15, 0.2) is 5.96 Å². The predicted octanol–water partition coefficient (Wildman–Crippen LogP) is 0.589. The highest BCUT2D eigenvalue weighted by molar-refractivity contribution is 5.80. The van der Waals surface area contributed by atoms with E-state index in [0.717, 1.165) is 51.5 Å². The van der Waals surface area contributed by atoms with Crippen molar-refractivity contribution >= 4 is 5.96 Å². The van der Waals surface area contributed by atoms with E-state index in [1.54, 1.807) is 0 Å². The van der Waals surface area contributed by atoms with Gasteiger partial charge in [-0.3, -0.25) is 4.99 Å². The number of likely N-dealkylation sites (tertiary alicyclic amines) is 1. The number of hydrogen-bond acceptors (Lipinski definition) is 3. The van der Waals surface area contributed by atoms with Crippen LogP contribution in [0.2, 0.25) is 0 Å². The molecule has 1 atom stereocenters. The first-order valence-corrected chi connectivity index (χ1v) is 7.41. The molecular formula is C14H25N3O2. The second kappa shape index (κ2) is 4.94. The van der Waals surface area contributed by atoms with Gasteiger partial charge in [0.2, 0.25) is 0 Å². The van der Waals surface area contributed by atoms with Crippen molar-refractivity contribution in [1.29, 1.82) is 0 Å². The summed E-state index contributed by atoms with van der Waals surface area (Å²) in [6, 6.07) is 0. The number of nitrogens with one attached hydrogen (secondary N) is 1. The summed E-state index contributed by atoms with van der Waals surface area (Å²) in [6.07, 6.45) is 5.33. The summed E-state index contributed by atoms with van der Waals surface area (Å²) in [5, 5.41) is 13.5. The van der Waals surface area contributed by atoms with E-state index in [1.807, 2.05) is 7.05 Å². The van der Waals surface area contributed by atoms with Gasteiger partial charge in [-0.05, 0) is 32.1 Å². The molecule has 5 nitrogen and oxygen atoms in total. The van der Waals surface area contributed by atoms with Gasteiger partial charge in [0, 0.05) is 38.7 Å². The van der Waals surface area contributed by atoms with Crippen molar-refractivity contribution < 1.29 is 9.84 Å². The standard InChI is InChI=1S/C14H25N3O2/c1-15-12(16-9-14(18)3-2-4-14)17-7-5-13(10-17)6-8-19-11-13/h18H,2-11H2,1H3,(H,15,16). The lowest BCUT2D eigenvalue weighted by atomic mass is 9.80. The molecule has 2 saturated heterocycles. The van der Waals surface area contributed by atoms with Gasteiger partial charge in [-0.15, -0.1) is 0 Å². The highest BCUT2D eigenvalue weighted by Crippen LogP contribution is 2.38. The van der Waals surface area contributed by atoms with E-state index in [-0.39, 0.29) is 0 Å². The Kier molecular flexibility index (Phi) is 3.43. The average Bonchev–Trinajstić information content (AvgIpc) is 2.99. The molecule has 0 radical (unpaired) electrons. The molecule has 1 unspecified atom stereocenters. The molecule has 0 bridgehead atoms. The molecule has 2 heterocycles. The van der Waals surface area contributed by atoms with Crippen LogP contribution in [0.5, 0.6) is 0 Å². The molecule has 5 heteroatoms. The van der Waals surface area contributed by atoms with Crippen LogP contribution in [0.15, 0.2) is 4.99 Å². The molecule has 108 valence electrons. The number of hydrogen-bond donors (Lipinski definition) is 2. The van der Waals surface area contributed by atoms with Crippen LogP contribution in [-0.4, -0.2) is 61.5 Å². The van der Waals surface area contributed by atoms with E-state index < -0.39 is 5.60 Å². The number of ether oxygens (including phenoxy) is 1. The van der Waals surface area contributed by atoms with E-state index in [9.17, 15) is 5.11 Å². The topological polar surface area (TPSA) is 57.1 Å². The van der Waals surface area contributed by atoms with Crippen LogP contribution in [0.4, 0.5) is 0 Å². The van der Waals surface area contributed by atoms with E-state index in [1.165, 1.54) is 12.8 Å².